The molecule has 7 nitrogen and oxygen atoms in total. The summed E-state index contributed by atoms with van der Waals surface area (Å²) in [5.41, 5.74) is 1.53. The molecule has 1 aliphatic heterocycles. The maximum atomic E-state index is 14.9. The highest BCUT2D eigenvalue weighted by Gasteiger charge is 2.37. The van der Waals surface area contributed by atoms with Crippen molar-refractivity contribution in [1.82, 2.24) is 15.1 Å². The number of carbonyl (C=O) groups is 2. The van der Waals surface area contributed by atoms with E-state index in [2.05, 4.69) is 10.2 Å². The van der Waals surface area contributed by atoms with Crippen LogP contribution >= 0.6 is 0 Å². The van der Waals surface area contributed by atoms with Gasteiger partial charge in [0.15, 0.2) is 0 Å². The second kappa shape index (κ2) is 8.06. The molecule has 4 rings (SSSR count). The number of halogens is 1. The Kier molecular flexibility index (Phi) is 5.31. The second-order valence-electron chi connectivity index (χ2n) is 7.31. The van der Waals surface area contributed by atoms with Crippen molar-refractivity contribution in [3.05, 3.63) is 65.8 Å². The summed E-state index contributed by atoms with van der Waals surface area (Å²) in [4.78, 5) is 27.8. The molecular weight excluding hydrogens is 387 g/mol. The molecule has 8 heteroatoms. The fraction of sp³-hybridized carbons (Fsp3) is 0.273. The average Bonchev–Trinajstić information content (AvgIpc) is 3.12. The van der Waals surface area contributed by atoms with Crippen LogP contribution in [0.2, 0.25) is 0 Å². The first kappa shape index (κ1) is 19.8. The van der Waals surface area contributed by atoms with Gasteiger partial charge in [0.05, 0.1) is 12.5 Å². The number of likely N-dealkylation sites (tertiary alicyclic amines) is 1. The predicted octanol–water partition coefficient (Wildman–Crippen LogP) is 3.20. The number of rotatable bonds is 5. The third-order valence-corrected chi connectivity index (χ3v) is 5.16. The predicted molar refractivity (Wildman–Crippen MR) is 108 cm³/mol. The van der Waals surface area contributed by atoms with E-state index < -0.39 is 5.82 Å². The quantitative estimate of drug-likeness (QED) is 0.648. The van der Waals surface area contributed by atoms with E-state index in [9.17, 15) is 14.0 Å². The van der Waals surface area contributed by atoms with Crippen molar-refractivity contribution in [2.45, 2.75) is 20.4 Å². The fourth-order valence-corrected chi connectivity index (χ4v) is 3.41. The van der Waals surface area contributed by atoms with Crippen molar-refractivity contribution in [1.29, 1.82) is 0 Å². The van der Waals surface area contributed by atoms with Gasteiger partial charge in [0.1, 0.15) is 5.82 Å². The van der Waals surface area contributed by atoms with Gasteiger partial charge in [0, 0.05) is 43.8 Å². The van der Waals surface area contributed by atoms with Crippen LogP contribution in [0.1, 0.15) is 18.4 Å². The number of nitrogens with zero attached hydrogens (tertiary/aromatic N) is 4. The Bertz CT molecular complexity index is 1080. The summed E-state index contributed by atoms with van der Waals surface area (Å²) in [5, 5.41) is 7.67. The molecule has 2 aromatic carbocycles. The Hall–Kier alpha value is -3.55. The zero-order valence-corrected chi connectivity index (χ0v) is 16.7. The van der Waals surface area contributed by atoms with Gasteiger partial charge in [-0.25, -0.2) is 4.39 Å². The Balaban J connectivity index is 1.58. The molecule has 3 aromatic rings. The van der Waals surface area contributed by atoms with E-state index in [-0.39, 0.29) is 30.2 Å². The van der Waals surface area contributed by atoms with Gasteiger partial charge in [-0.1, -0.05) is 24.3 Å². The van der Waals surface area contributed by atoms with Crippen LogP contribution < -0.4 is 4.90 Å². The maximum Gasteiger partial charge on any atom is 0.247 e. The smallest absolute Gasteiger partial charge is 0.247 e. The van der Waals surface area contributed by atoms with Crippen LogP contribution in [-0.2, 0) is 16.1 Å². The lowest BCUT2D eigenvalue weighted by molar-refractivity contribution is -0.140. The number of amides is 2. The Morgan fingerprint density at radius 3 is 2.50 bits per heavy atom. The molecule has 0 radical (unpaired) electrons. The minimum absolute atomic E-state index is 0.0526. The first-order valence-corrected chi connectivity index (χ1v) is 9.63. The lowest BCUT2D eigenvalue weighted by atomic mass is 9.97. The molecule has 2 heterocycles. The number of hydrogen-bond donors (Lipinski definition) is 0. The number of aromatic nitrogens is 2. The van der Waals surface area contributed by atoms with Crippen molar-refractivity contribution in [3.8, 4) is 11.5 Å². The maximum absolute atomic E-state index is 14.9. The van der Waals surface area contributed by atoms with Gasteiger partial charge in [0.25, 0.3) is 0 Å². The monoisotopic (exact) mass is 408 g/mol. The largest absolute Gasteiger partial charge is 0.421 e. The fourth-order valence-electron chi connectivity index (χ4n) is 3.41. The number of anilines is 1. The lowest BCUT2D eigenvalue weighted by Gasteiger charge is -2.40. The first-order chi connectivity index (χ1) is 14.4. The highest BCUT2D eigenvalue weighted by Crippen LogP contribution is 2.27. The first-order valence-electron chi connectivity index (χ1n) is 9.63. The molecule has 0 spiro atoms. The minimum Gasteiger partial charge on any atom is -0.421 e. The summed E-state index contributed by atoms with van der Waals surface area (Å²) >= 11 is 0. The molecule has 0 bridgehead atoms. The molecule has 1 aliphatic rings. The highest BCUT2D eigenvalue weighted by atomic mass is 19.1. The molecular formula is C22H21FN4O3. The standard InChI is InChI=1S/C22H21FN4O3/c1-14-24-25-21(30-14)16-8-9-17(20(23)10-16)13-27(19-6-4-3-5-7-19)22(29)18-11-26(12-18)15(2)28/h3-10,18H,11-13H2,1-2H3. The summed E-state index contributed by atoms with van der Waals surface area (Å²) in [6, 6.07) is 13.8. The van der Waals surface area contributed by atoms with Gasteiger partial charge in [-0.3, -0.25) is 9.59 Å². The van der Waals surface area contributed by atoms with E-state index in [0.29, 0.717) is 35.8 Å². The van der Waals surface area contributed by atoms with Crippen molar-refractivity contribution >= 4 is 17.5 Å². The normalized spacial score (nSPS) is 13.8. The summed E-state index contributed by atoms with van der Waals surface area (Å²) in [6.07, 6.45) is 0. The molecule has 154 valence electrons. The third kappa shape index (κ3) is 3.94. The highest BCUT2D eigenvalue weighted by molar-refractivity contribution is 5.96. The van der Waals surface area contributed by atoms with E-state index >= 15 is 0 Å². The van der Waals surface area contributed by atoms with Crippen LogP contribution in [0, 0.1) is 18.7 Å². The second-order valence-corrected chi connectivity index (χ2v) is 7.31. The molecule has 0 aliphatic carbocycles. The van der Waals surface area contributed by atoms with Crippen LogP contribution in [0.5, 0.6) is 0 Å². The number of aryl methyl sites for hydroxylation is 1. The zero-order valence-electron chi connectivity index (χ0n) is 16.7. The van der Waals surface area contributed by atoms with Gasteiger partial charge < -0.3 is 14.2 Å². The molecule has 30 heavy (non-hydrogen) atoms. The van der Waals surface area contributed by atoms with Gasteiger partial charge >= 0.3 is 0 Å². The minimum atomic E-state index is -0.462. The van der Waals surface area contributed by atoms with E-state index in [1.165, 1.54) is 13.0 Å². The van der Waals surface area contributed by atoms with Crippen LogP contribution in [0.25, 0.3) is 11.5 Å². The zero-order chi connectivity index (χ0) is 21.3. The lowest BCUT2D eigenvalue weighted by Crippen LogP contribution is -2.56. The van der Waals surface area contributed by atoms with Gasteiger partial charge in [0.2, 0.25) is 23.6 Å². The molecule has 2 amide bonds. The van der Waals surface area contributed by atoms with Gasteiger partial charge in [-0.15, -0.1) is 10.2 Å². The number of carbonyl (C=O) groups excluding carboxylic acids is 2. The summed E-state index contributed by atoms with van der Waals surface area (Å²) < 4.78 is 20.2. The van der Waals surface area contributed by atoms with E-state index in [4.69, 9.17) is 4.42 Å². The van der Waals surface area contributed by atoms with E-state index in [0.717, 1.165) is 0 Å². The molecule has 1 fully saturated rings. The van der Waals surface area contributed by atoms with Crippen molar-refractivity contribution in [2.24, 2.45) is 5.92 Å². The van der Waals surface area contributed by atoms with Crippen LogP contribution in [0.4, 0.5) is 10.1 Å². The van der Waals surface area contributed by atoms with E-state index in [1.54, 1.807) is 28.9 Å². The van der Waals surface area contributed by atoms with Gasteiger partial charge in [-0.05, 0) is 24.3 Å². The SMILES string of the molecule is CC(=O)N1CC(C(=O)N(Cc2ccc(-c3nnc(C)o3)cc2F)c2ccccc2)C1. The number of para-hydroxylation sites is 1. The molecule has 0 N–H and O–H groups in total. The molecule has 1 aromatic heterocycles. The van der Waals surface area contributed by atoms with Crippen molar-refractivity contribution in [2.75, 3.05) is 18.0 Å². The van der Waals surface area contributed by atoms with Crippen LogP contribution in [-0.4, -0.2) is 40.0 Å². The molecule has 0 unspecified atom stereocenters. The Morgan fingerprint density at radius 2 is 1.90 bits per heavy atom. The van der Waals surface area contributed by atoms with Gasteiger partial charge in [-0.2, -0.15) is 0 Å². The van der Waals surface area contributed by atoms with Crippen LogP contribution in [0.3, 0.4) is 0 Å². The molecule has 1 saturated heterocycles. The summed E-state index contributed by atoms with van der Waals surface area (Å²) in [6.45, 7) is 4.00. The number of benzene rings is 2. The van der Waals surface area contributed by atoms with Crippen molar-refractivity contribution in [3.63, 3.8) is 0 Å². The Morgan fingerprint density at radius 1 is 1.17 bits per heavy atom. The van der Waals surface area contributed by atoms with E-state index in [1.807, 2.05) is 30.3 Å². The average molecular weight is 408 g/mol. The van der Waals surface area contributed by atoms with Crippen LogP contribution in [0.15, 0.2) is 52.9 Å². The summed E-state index contributed by atoms with van der Waals surface area (Å²) in [5.74, 6) is -0.296. The topological polar surface area (TPSA) is 79.5 Å². The Labute approximate surface area is 173 Å². The van der Waals surface area contributed by atoms with Crippen molar-refractivity contribution < 1.29 is 18.4 Å². The molecule has 0 atom stereocenters. The molecule has 0 saturated carbocycles. The number of hydrogen-bond acceptors (Lipinski definition) is 5. The summed E-state index contributed by atoms with van der Waals surface area (Å²) in [7, 11) is 0. The third-order valence-electron chi connectivity index (χ3n) is 5.16.